The van der Waals surface area contributed by atoms with E-state index in [0.29, 0.717) is 19.5 Å². The molecule has 1 aromatic rings. The second kappa shape index (κ2) is 7.40. The number of nitrogens with one attached hydrogen (secondary N) is 2. The zero-order chi connectivity index (χ0) is 14.3. The number of aryl methyl sites for hydroxylation is 1. The summed E-state index contributed by atoms with van der Waals surface area (Å²) in [5.74, 6) is -0.888. The normalized spacial score (nSPS) is 11.9. The van der Waals surface area contributed by atoms with Crippen molar-refractivity contribution in [3.63, 3.8) is 0 Å². The number of rotatable bonds is 7. The van der Waals surface area contributed by atoms with E-state index in [0.717, 1.165) is 5.69 Å². The first kappa shape index (κ1) is 15.0. The Hall–Kier alpha value is -2.05. The van der Waals surface area contributed by atoms with Crippen molar-refractivity contribution in [2.75, 3.05) is 6.54 Å². The monoisotopic (exact) mass is 268 g/mol. The van der Waals surface area contributed by atoms with Gasteiger partial charge in [0.2, 0.25) is 0 Å². The summed E-state index contributed by atoms with van der Waals surface area (Å²) in [6.45, 7) is 2.61. The first-order valence-electron chi connectivity index (χ1n) is 6.23. The third-order valence-corrected chi connectivity index (χ3v) is 2.79. The predicted octanol–water partition coefficient (Wildman–Crippen LogP) is 0.720. The molecule has 0 saturated heterocycles. The predicted molar refractivity (Wildman–Crippen MR) is 69.5 cm³/mol. The Balaban J connectivity index is 2.25. The van der Waals surface area contributed by atoms with Gasteiger partial charge < -0.3 is 15.7 Å². The largest absolute Gasteiger partial charge is 0.481 e. The number of carbonyl (C=O) groups excluding carboxylic acids is 1. The number of carboxylic acids is 1. The van der Waals surface area contributed by atoms with E-state index in [4.69, 9.17) is 5.11 Å². The first-order valence-corrected chi connectivity index (χ1v) is 6.23. The Kier molecular flexibility index (Phi) is 5.84. The average molecular weight is 268 g/mol. The molecule has 0 aliphatic heterocycles. The van der Waals surface area contributed by atoms with Gasteiger partial charge in [-0.3, -0.25) is 9.48 Å². The van der Waals surface area contributed by atoms with Crippen LogP contribution in [0.4, 0.5) is 4.79 Å². The SMILES string of the molecule is CCC(CNC(=O)NCc1ccn(C)n1)CC(=O)O. The summed E-state index contributed by atoms with van der Waals surface area (Å²) in [5.41, 5.74) is 0.773. The lowest BCUT2D eigenvalue weighted by Crippen LogP contribution is -2.38. The lowest BCUT2D eigenvalue weighted by atomic mass is 10.0. The average Bonchev–Trinajstić information content (AvgIpc) is 2.77. The standard InChI is InChI=1S/C12H20N4O3/c1-3-9(6-11(17)18)7-13-12(19)14-8-10-4-5-16(2)15-10/h4-5,9H,3,6-8H2,1-2H3,(H,17,18)(H2,13,14,19). The van der Waals surface area contributed by atoms with E-state index in [-0.39, 0.29) is 18.4 Å². The van der Waals surface area contributed by atoms with Crippen LogP contribution < -0.4 is 10.6 Å². The van der Waals surface area contributed by atoms with Crippen LogP contribution in [0.2, 0.25) is 0 Å². The molecule has 19 heavy (non-hydrogen) atoms. The molecule has 0 bridgehead atoms. The topological polar surface area (TPSA) is 96.3 Å². The second-order valence-electron chi connectivity index (χ2n) is 4.42. The van der Waals surface area contributed by atoms with E-state index in [2.05, 4.69) is 15.7 Å². The summed E-state index contributed by atoms with van der Waals surface area (Å²) in [5, 5.41) is 18.2. The lowest BCUT2D eigenvalue weighted by Gasteiger charge is -2.13. The Bertz CT molecular complexity index is 430. The van der Waals surface area contributed by atoms with Crippen molar-refractivity contribution in [3.8, 4) is 0 Å². The molecule has 0 aliphatic carbocycles. The fourth-order valence-corrected chi connectivity index (χ4v) is 1.64. The van der Waals surface area contributed by atoms with Crippen molar-refractivity contribution in [2.24, 2.45) is 13.0 Å². The van der Waals surface area contributed by atoms with Crippen LogP contribution in [0.15, 0.2) is 12.3 Å². The Morgan fingerprint density at radius 2 is 2.21 bits per heavy atom. The number of aromatic nitrogens is 2. The smallest absolute Gasteiger partial charge is 0.315 e. The van der Waals surface area contributed by atoms with Crippen molar-refractivity contribution >= 4 is 12.0 Å². The summed E-state index contributed by atoms with van der Waals surface area (Å²) < 4.78 is 1.66. The van der Waals surface area contributed by atoms with Gasteiger partial charge in [0.05, 0.1) is 12.2 Å². The molecule has 0 aromatic carbocycles. The van der Waals surface area contributed by atoms with E-state index in [9.17, 15) is 9.59 Å². The van der Waals surface area contributed by atoms with Gasteiger partial charge in [0.15, 0.2) is 0 Å². The molecule has 1 aromatic heterocycles. The van der Waals surface area contributed by atoms with Gasteiger partial charge in [-0.25, -0.2) is 4.79 Å². The molecular weight excluding hydrogens is 248 g/mol. The molecule has 1 heterocycles. The van der Waals surface area contributed by atoms with E-state index in [1.165, 1.54) is 0 Å². The van der Waals surface area contributed by atoms with Crippen LogP contribution in [0.1, 0.15) is 25.5 Å². The van der Waals surface area contributed by atoms with Crippen LogP contribution in [0.5, 0.6) is 0 Å². The maximum atomic E-state index is 11.5. The van der Waals surface area contributed by atoms with Crippen molar-refractivity contribution in [1.29, 1.82) is 0 Å². The minimum absolute atomic E-state index is 0.0434. The number of carbonyl (C=O) groups is 2. The van der Waals surface area contributed by atoms with E-state index >= 15 is 0 Å². The van der Waals surface area contributed by atoms with Crippen LogP contribution in [0.3, 0.4) is 0 Å². The molecule has 0 fully saturated rings. The molecule has 0 saturated carbocycles. The highest BCUT2D eigenvalue weighted by Crippen LogP contribution is 2.06. The number of urea groups is 1. The number of nitrogens with zero attached hydrogens (tertiary/aromatic N) is 2. The summed E-state index contributed by atoms with van der Waals surface area (Å²) in [7, 11) is 1.81. The van der Waals surface area contributed by atoms with Gasteiger partial charge in [-0.2, -0.15) is 5.10 Å². The molecule has 1 unspecified atom stereocenters. The van der Waals surface area contributed by atoms with Crippen LogP contribution in [0, 0.1) is 5.92 Å². The molecule has 2 amide bonds. The number of carboxylic acid groups (broad SMARTS) is 1. The van der Waals surface area contributed by atoms with Crippen LogP contribution in [0.25, 0.3) is 0 Å². The summed E-state index contributed by atoms with van der Waals surface area (Å²) >= 11 is 0. The fraction of sp³-hybridized carbons (Fsp3) is 0.583. The second-order valence-corrected chi connectivity index (χ2v) is 4.42. The number of amides is 2. The molecule has 0 spiro atoms. The molecule has 7 heteroatoms. The Labute approximate surface area is 112 Å². The zero-order valence-electron chi connectivity index (χ0n) is 11.2. The number of hydrogen-bond acceptors (Lipinski definition) is 3. The Morgan fingerprint density at radius 3 is 2.74 bits per heavy atom. The van der Waals surface area contributed by atoms with E-state index < -0.39 is 5.97 Å². The van der Waals surface area contributed by atoms with Gasteiger partial charge in [-0.05, 0) is 12.0 Å². The van der Waals surface area contributed by atoms with Gasteiger partial charge in [0, 0.05) is 26.2 Å². The maximum Gasteiger partial charge on any atom is 0.315 e. The minimum atomic E-state index is -0.845. The van der Waals surface area contributed by atoms with Gasteiger partial charge in [0.1, 0.15) is 0 Å². The highest BCUT2D eigenvalue weighted by molar-refractivity contribution is 5.74. The van der Waals surface area contributed by atoms with Crippen molar-refractivity contribution < 1.29 is 14.7 Å². The highest BCUT2D eigenvalue weighted by atomic mass is 16.4. The van der Waals surface area contributed by atoms with Crippen LogP contribution in [-0.2, 0) is 18.4 Å². The summed E-state index contributed by atoms with van der Waals surface area (Å²) in [6, 6.07) is 1.51. The highest BCUT2D eigenvalue weighted by Gasteiger charge is 2.12. The van der Waals surface area contributed by atoms with Gasteiger partial charge in [0.25, 0.3) is 0 Å². The van der Waals surface area contributed by atoms with Gasteiger partial charge >= 0.3 is 12.0 Å². The molecule has 7 nitrogen and oxygen atoms in total. The quantitative estimate of drug-likeness (QED) is 0.679. The zero-order valence-corrected chi connectivity index (χ0v) is 11.2. The van der Waals surface area contributed by atoms with Crippen molar-refractivity contribution in [3.05, 3.63) is 18.0 Å². The molecule has 0 radical (unpaired) electrons. The number of hydrogen-bond donors (Lipinski definition) is 3. The summed E-state index contributed by atoms with van der Waals surface area (Å²) in [4.78, 5) is 22.1. The fourth-order valence-electron chi connectivity index (χ4n) is 1.64. The number of aliphatic carboxylic acids is 1. The summed E-state index contributed by atoms with van der Waals surface area (Å²) in [6.07, 6.45) is 2.58. The molecule has 106 valence electrons. The molecule has 1 atom stereocenters. The van der Waals surface area contributed by atoms with Crippen LogP contribution >= 0.6 is 0 Å². The molecule has 0 aliphatic rings. The van der Waals surface area contributed by atoms with E-state index in [1.807, 2.05) is 13.0 Å². The third-order valence-electron chi connectivity index (χ3n) is 2.79. The minimum Gasteiger partial charge on any atom is -0.481 e. The third kappa shape index (κ3) is 5.89. The first-order chi connectivity index (χ1) is 9.01. The Morgan fingerprint density at radius 1 is 1.47 bits per heavy atom. The molecule has 1 rings (SSSR count). The van der Waals surface area contributed by atoms with Crippen molar-refractivity contribution in [1.82, 2.24) is 20.4 Å². The van der Waals surface area contributed by atoms with E-state index in [1.54, 1.807) is 17.9 Å². The molecule has 3 N–H and O–H groups in total. The lowest BCUT2D eigenvalue weighted by molar-refractivity contribution is -0.138. The van der Waals surface area contributed by atoms with Crippen molar-refractivity contribution in [2.45, 2.75) is 26.3 Å². The maximum absolute atomic E-state index is 11.5. The van der Waals surface area contributed by atoms with Gasteiger partial charge in [-0.1, -0.05) is 13.3 Å². The van der Waals surface area contributed by atoms with Gasteiger partial charge in [-0.15, -0.1) is 0 Å². The van der Waals surface area contributed by atoms with Crippen LogP contribution in [-0.4, -0.2) is 33.4 Å². The molecular formula is C12H20N4O3.